The van der Waals surface area contributed by atoms with E-state index in [1.165, 1.54) is 0 Å². The summed E-state index contributed by atoms with van der Waals surface area (Å²) in [6.07, 6.45) is 1.88. The SMILES string of the molecule is NC(=O)CC[C@H](N)C(=O)N[C@@H](Cc1c[nH]c2ccccc12)C(=O)O.[Na]. The number of benzene rings is 1. The second-order valence-corrected chi connectivity index (χ2v) is 5.57. The average molecular weight is 355 g/mol. The van der Waals surface area contributed by atoms with Gasteiger partial charge in [0.1, 0.15) is 6.04 Å². The van der Waals surface area contributed by atoms with Gasteiger partial charge in [0.2, 0.25) is 11.8 Å². The van der Waals surface area contributed by atoms with Crippen LogP contribution in [0.3, 0.4) is 0 Å². The Labute approximate surface area is 166 Å². The number of nitrogens with one attached hydrogen (secondary N) is 2. The number of carbonyl (C=O) groups is 3. The molecule has 8 nitrogen and oxygen atoms in total. The number of hydrogen-bond acceptors (Lipinski definition) is 4. The van der Waals surface area contributed by atoms with Crippen LogP contribution in [0.4, 0.5) is 0 Å². The van der Waals surface area contributed by atoms with Gasteiger partial charge in [0, 0.05) is 59.5 Å². The maximum absolute atomic E-state index is 12.0. The molecule has 1 heterocycles. The van der Waals surface area contributed by atoms with E-state index in [1.54, 1.807) is 6.20 Å². The van der Waals surface area contributed by atoms with Crippen molar-refractivity contribution in [1.29, 1.82) is 0 Å². The van der Waals surface area contributed by atoms with Crippen LogP contribution in [0.2, 0.25) is 0 Å². The van der Waals surface area contributed by atoms with Gasteiger partial charge >= 0.3 is 5.97 Å². The minimum absolute atomic E-state index is 0. The number of carbonyl (C=O) groups excluding carboxylic acids is 2. The van der Waals surface area contributed by atoms with Crippen LogP contribution in [0.1, 0.15) is 18.4 Å². The molecule has 0 aliphatic rings. The molecule has 0 aliphatic carbocycles. The molecule has 0 spiro atoms. The minimum atomic E-state index is -1.16. The number of aromatic amines is 1. The van der Waals surface area contributed by atoms with Crippen LogP contribution in [0.25, 0.3) is 10.9 Å². The van der Waals surface area contributed by atoms with Gasteiger partial charge in [0.05, 0.1) is 6.04 Å². The Morgan fingerprint density at radius 3 is 2.56 bits per heavy atom. The van der Waals surface area contributed by atoms with Crippen molar-refractivity contribution in [3.8, 4) is 0 Å². The third-order valence-corrected chi connectivity index (χ3v) is 3.75. The Balaban J connectivity index is 0.00000312. The Morgan fingerprint density at radius 1 is 1.24 bits per heavy atom. The molecule has 9 heteroatoms. The third-order valence-electron chi connectivity index (χ3n) is 3.75. The van der Waals surface area contributed by atoms with Gasteiger partial charge in [-0.05, 0) is 18.1 Å². The standard InChI is InChI=1S/C16H20N4O4.Na/c17-11(5-6-14(18)21)15(22)20-13(16(23)24)7-9-8-19-12-4-2-1-3-10(9)12;/h1-4,8,11,13,19H,5-7,17H2,(H2,18,21)(H,20,22)(H,23,24);/t11-,13-;/m0./s1. The Bertz CT molecular complexity index is 761. The summed E-state index contributed by atoms with van der Waals surface area (Å²) in [5, 5.41) is 12.7. The van der Waals surface area contributed by atoms with Gasteiger partial charge in [-0.25, -0.2) is 4.79 Å². The van der Waals surface area contributed by atoms with Crippen LogP contribution < -0.4 is 16.8 Å². The number of primary amides is 1. The molecule has 2 aromatic rings. The van der Waals surface area contributed by atoms with E-state index in [2.05, 4.69) is 10.3 Å². The van der Waals surface area contributed by atoms with E-state index < -0.39 is 29.9 Å². The molecule has 2 rings (SSSR count). The fraction of sp³-hybridized carbons (Fsp3) is 0.312. The van der Waals surface area contributed by atoms with Crippen LogP contribution in [-0.4, -0.2) is 69.5 Å². The zero-order valence-electron chi connectivity index (χ0n) is 14.0. The summed E-state index contributed by atoms with van der Waals surface area (Å²) in [5.74, 6) is -2.34. The quantitative estimate of drug-likeness (QED) is 0.404. The van der Waals surface area contributed by atoms with E-state index in [-0.39, 0.29) is 48.8 Å². The van der Waals surface area contributed by atoms with Gasteiger partial charge in [0.15, 0.2) is 0 Å². The third kappa shape index (κ3) is 5.86. The van der Waals surface area contributed by atoms with E-state index in [1.807, 2.05) is 24.3 Å². The first-order valence-corrected chi connectivity index (χ1v) is 7.50. The molecule has 0 unspecified atom stereocenters. The molecule has 0 saturated heterocycles. The summed E-state index contributed by atoms with van der Waals surface area (Å²) >= 11 is 0. The van der Waals surface area contributed by atoms with Crippen molar-refractivity contribution in [1.82, 2.24) is 10.3 Å². The molecule has 1 radical (unpaired) electrons. The summed E-state index contributed by atoms with van der Waals surface area (Å²) in [5.41, 5.74) is 12.3. The molecule has 7 N–H and O–H groups in total. The van der Waals surface area contributed by atoms with E-state index >= 15 is 0 Å². The van der Waals surface area contributed by atoms with Gasteiger partial charge in [-0.2, -0.15) is 0 Å². The summed E-state index contributed by atoms with van der Waals surface area (Å²) in [7, 11) is 0. The second kappa shape index (κ2) is 9.57. The number of fused-ring (bicyclic) bond motifs is 1. The molecule has 0 aliphatic heterocycles. The maximum Gasteiger partial charge on any atom is 0.326 e. The number of carboxylic acids is 1. The van der Waals surface area contributed by atoms with E-state index in [9.17, 15) is 19.5 Å². The summed E-state index contributed by atoms with van der Waals surface area (Å²) in [6.45, 7) is 0. The number of hydrogen-bond donors (Lipinski definition) is 5. The van der Waals surface area contributed by atoms with Gasteiger partial charge in [-0.15, -0.1) is 0 Å². The number of carboxylic acid groups (broad SMARTS) is 1. The molecular weight excluding hydrogens is 335 g/mol. The maximum atomic E-state index is 12.0. The van der Waals surface area contributed by atoms with Gasteiger partial charge in [0.25, 0.3) is 0 Å². The number of para-hydroxylation sites is 1. The molecule has 25 heavy (non-hydrogen) atoms. The van der Waals surface area contributed by atoms with Gasteiger partial charge < -0.3 is 26.9 Å². The zero-order chi connectivity index (χ0) is 17.7. The smallest absolute Gasteiger partial charge is 0.326 e. The van der Waals surface area contributed by atoms with Crippen LogP contribution in [0.15, 0.2) is 30.5 Å². The Kier molecular flexibility index (Phi) is 8.11. The topological polar surface area (TPSA) is 151 Å². The Morgan fingerprint density at radius 2 is 1.92 bits per heavy atom. The molecule has 2 amide bonds. The first-order valence-electron chi connectivity index (χ1n) is 7.50. The average Bonchev–Trinajstić information content (AvgIpc) is 2.94. The molecule has 0 bridgehead atoms. The van der Waals surface area contributed by atoms with Crippen LogP contribution in [-0.2, 0) is 20.8 Å². The van der Waals surface area contributed by atoms with Crippen molar-refractivity contribution < 1.29 is 19.5 Å². The molecule has 2 atom stereocenters. The van der Waals surface area contributed by atoms with Crippen LogP contribution in [0.5, 0.6) is 0 Å². The molecular formula is C16H20N4NaO4. The monoisotopic (exact) mass is 355 g/mol. The van der Waals surface area contributed by atoms with Crippen molar-refractivity contribution in [2.75, 3.05) is 0 Å². The minimum Gasteiger partial charge on any atom is -0.480 e. The Hall–Kier alpha value is -1.87. The van der Waals surface area contributed by atoms with Crippen molar-refractivity contribution in [3.05, 3.63) is 36.0 Å². The fourth-order valence-electron chi connectivity index (χ4n) is 2.43. The zero-order valence-corrected chi connectivity index (χ0v) is 16.0. The fourth-order valence-corrected chi connectivity index (χ4v) is 2.43. The molecule has 1 aromatic heterocycles. The number of H-pyrrole nitrogens is 1. The summed E-state index contributed by atoms with van der Waals surface area (Å²) in [6, 6.07) is 5.39. The number of aromatic nitrogens is 1. The molecule has 129 valence electrons. The summed E-state index contributed by atoms with van der Waals surface area (Å²) < 4.78 is 0. The largest absolute Gasteiger partial charge is 0.480 e. The predicted octanol–water partition coefficient (Wildman–Crippen LogP) is -0.508. The predicted molar refractivity (Wildman–Crippen MR) is 93.7 cm³/mol. The van der Waals surface area contributed by atoms with E-state index in [0.717, 1.165) is 16.5 Å². The first-order chi connectivity index (χ1) is 11.4. The van der Waals surface area contributed by atoms with E-state index in [4.69, 9.17) is 11.5 Å². The van der Waals surface area contributed by atoms with Crippen LogP contribution in [0, 0.1) is 0 Å². The number of rotatable bonds is 8. The summed E-state index contributed by atoms with van der Waals surface area (Å²) in [4.78, 5) is 37.2. The first kappa shape index (κ1) is 21.2. The van der Waals surface area contributed by atoms with Gasteiger partial charge in [-0.3, -0.25) is 9.59 Å². The van der Waals surface area contributed by atoms with Crippen molar-refractivity contribution in [2.45, 2.75) is 31.3 Å². The molecule has 0 saturated carbocycles. The van der Waals surface area contributed by atoms with Crippen molar-refractivity contribution >= 4 is 58.2 Å². The number of nitrogens with two attached hydrogens (primary N) is 2. The van der Waals surface area contributed by atoms with Crippen molar-refractivity contribution in [2.24, 2.45) is 11.5 Å². The van der Waals surface area contributed by atoms with Crippen LogP contribution >= 0.6 is 0 Å². The number of amides is 2. The van der Waals surface area contributed by atoms with E-state index in [0.29, 0.717) is 0 Å². The molecule has 1 aromatic carbocycles. The second-order valence-electron chi connectivity index (χ2n) is 5.57. The van der Waals surface area contributed by atoms with Gasteiger partial charge in [-0.1, -0.05) is 18.2 Å². The number of aliphatic carboxylic acids is 1. The molecule has 0 fully saturated rings. The normalized spacial score (nSPS) is 12.8. The van der Waals surface area contributed by atoms with Crippen molar-refractivity contribution in [3.63, 3.8) is 0 Å².